The molecule has 0 saturated carbocycles. The van der Waals surface area contributed by atoms with Gasteiger partial charge in [-0.15, -0.1) is 0 Å². The van der Waals surface area contributed by atoms with E-state index >= 15 is 0 Å². The van der Waals surface area contributed by atoms with Crippen molar-refractivity contribution in [2.24, 2.45) is 0 Å². The van der Waals surface area contributed by atoms with Crippen LogP contribution in [0.2, 0.25) is 0 Å². The van der Waals surface area contributed by atoms with Gasteiger partial charge in [0.2, 0.25) is 0 Å². The van der Waals surface area contributed by atoms with Crippen molar-refractivity contribution < 1.29 is 9.31 Å². The zero-order valence-corrected chi connectivity index (χ0v) is 11.3. The number of nitrogens with zero attached hydrogens (tertiary/aromatic N) is 2. The lowest BCUT2D eigenvalue weighted by Gasteiger charge is -2.09. The summed E-state index contributed by atoms with van der Waals surface area (Å²) in [5.41, 5.74) is 1.59. The predicted molar refractivity (Wildman–Crippen MR) is 76.3 cm³/mol. The van der Waals surface area contributed by atoms with E-state index in [9.17, 15) is 14.5 Å². The largest absolute Gasteiger partial charge is 0.375 e. The SMILES string of the molecule is Cc1cc(NCc2cccc(C#N)c2)c([N+](=O)[O-])cc1F. The fourth-order valence-corrected chi connectivity index (χ4v) is 1.91. The molecule has 0 fully saturated rings. The van der Waals surface area contributed by atoms with Gasteiger partial charge < -0.3 is 5.32 Å². The minimum atomic E-state index is -0.628. The highest BCUT2D eigenvalue weighted by Gasteiger charge is 2.16. The van der Waals surface area contributed by atoms with Gasteiger partial charge in [0.15, 0.2) is 0 Å². The molecule has 0 aliphatic heterocycles. The van der Waals surface area contributed by atoms with E-state index in [1.165, 1.54) is 6.07 Å². The van der Waals surface area contributed by atoms with Crippen LogP contribution in [0.25, 0.3) is 0 Å². The summed E-state index contributed by atoms with van der Waals surface area (Å²) >= 11 is 0. The molecule has 0 saturated heterocycles. The maximum absolute atomic E-state index is 13.4. The van der Waals surface area contributed by atoms with E-state index in [1.54, 1.807) is 31.2 Å². The van der Waals surface area contributed by atoms with Crippen LogP contribution in [-0.2, 0) is 6.54 Å². The number of rotatable bonds is 4. The van der Waals surface area contributed by atoms with Crippen LogP contribution in [0.1, 0.15) is 16.7 Å². The Hall–Kier alpha value is -2.94. The summed E-state index contributed by atoms with van der Waals surface area (Å²) in [6.45, 7) is 1.85. The lowest BCUT2D eigenvalue weighted by Crippen LogP contribution is -2.04. The zero-order chi connectivity index (χ0) is 15.4. The number of nitro benzene ring substituents is 1. The molecule has 2 rings (SSSR count). The number of aryl methyl sites for hydroxylation is 1. The molecule has 0 bridgehead atoms. The molecular formula is C15H12FN3O2. The highest BCUT2D eigenvalue weighted by Crippen LogP contribution is 2.28. The lowest BCUT2D eigenvalue weighted by atomic mass is 10.1. The molecule has 0 aromatic heterocycles. The van der Waals surface area contributed by atoms with Crippen molar-refractivity contribution in [1.29, 1.82) is 5.26 Å². The lowest BCUT2D eigenvalue weighted by molar-refractivity contribution is -0.384. The van der Waals surface area contributed by atoms with Gasteiger partial charge in [0, 0.05) is 6.54 Å². The van der Waals surface area contributed by atoms with Crippen molar-refractivity contribution in [3.05, 3.63) is 69.0 Å². The Morgan fingerprint density at radius 1 is 1.38 bits per heavy atom. The van der Waals surface area contributed by atoms with Crippen molar-refractivity contribution in [3.63, 3.8) is 0 Å². The van der Waals surface area contributed by atoms with Crippen LogP contribution >= 0.6 is 0 Å². The number of nitriles is 1. The minimum absolute atomic E-state index is 0.251. The molecule has 0 amide bonds. The molecule has 0 radical (unpaired) electrons. The first-order chi connectivity index (χ1) is 10.0. The van der Waals surface area contributed by atoms with Crippen molar-refractivity contribution in [3.8, 4) is 6.07 Å². The highest BCUT2D eigenvalue weighted by atomic mass is 19.1. The Morgan fingerprint density at radius 3 is 2.81 bits per heavy atom. The van der Waals surface area contributed by atoms with Gasteiger partial charge in [0.1, 0.15) is 11.5 Å². The first-order valence-electron chi connectivity index (χ1n) is 6.18. The number of anilines is 1. The Kier molecular flexibility index (Phi) is 4.14. The monoisotopic (exact) mass is 285 g/mol. The molecule has 0 atom stereocenters. The highest BCUT2D eigenvalue weighted by molar-refractivity contribution is 5.63. The molecule has 2 aromatic carbocycles. The van der Waals surface area contributed by atoms with Gasteiger partial charge >= 0.3 is 0 Å². The number of halogens is 1. The van der Waals surface area contributed by atoms with Gasteiger partial charge in [0.05, 0.1) is 22.6 Å². The van der Waals surface area contributed by atoms with Crippen LogP contribution in [0, 0.1) is 34.2 Å². The summed E-state index contributed by atoms with van der Waals surface area (Å²) in [7, 11) is 0. The molecular weight excluding hydrogens is 273 g/mol. The van der Waals surface area contributed by atoms with Gasteiger partial charge in [-0.2, -0.15) is 5.26 Å². The molecule has 5 nitrogen and oxygen atoms in total. The zero-order valence-electron chi connectivity index (χ0n) is 11.3. The Balaban J connectivity index is 2.25. The van der Waals surface area contributed by atoms with Crippen LogP contribution in [0.3, 0.4) is 0 Å². The van der Waals surface area contributed by atoms with E-state index in [-0.39, 0.29) is 11.4 Å². The Bertz CT molecular complexity index is 738. The third-order valence-electron chi connectivity index (χ3n) is 3.01. The predicted octanol–water partition coefficient (Wildman–Crippen LogP) is 3.53. The second-order valence-electron chi connectivity index (χ2n) is 4.54. The normalized spacial score (nSPS) is 9.95. The Labute approximate surface area is 120 Å². The van der Waals surface area contributed by atoms with Gasteiger partial charge in [-0.25, -0.2) is 4.39 Å². The van der Waals surface area contributed by atoms with Crippen molar-refractivity contribution >= 4 is 11.4 Å². The topological polar surface area (TPSA) is 79.0 Å². The number of hydrogen-bond donors (Lipinski definition) is 1. The van der Waals surface area contributed by atoms with Crippen LogP contribution in [-0.4, -0.2) is 4.92 Å². The smallest absolute Gasteiger partial charge is 0.295 e. The fraction of sp³-hybridized carbons (Fsp3) is 0.133. The third kappa shape index (κ3) is 3.34. The molecule has 0 aliphatic carbocycles. The van der Waals surface area contributed by atoms with E-state index in [0.29, 0.717) is 17.7 Å². The van der Waals surface area contributed by atoms with Crippen LogP contribution in [0.5, 0.6) is 0 Å². The number of nitrogens with one attached hydrogen (secondary N) is 1. The van der Waals surface area contributed by atoms with Crippen molar-refractivity contribution in [1.82, 2.24) is 0 Å². The van der Waals surface area contributed by atoms with Gasteiger partial charge in [-0.1, -0.05) is 12.1 Å². The van der Waals surface area contributed by atoms with E-state index in [0.717, 1.165) is 11.6 Å². The average Bonchev–Trinajstić information content (AvgIpc) is 2.48. The third-order valence-corrected chi connectivity index (χ3v) is 3.01. The maximum Gasteiger partial charge on any atom is 0.295 e. The maximum atomic E-state index is 13.4. The summed E-state index contributed by atoms with van der Waals surface area (Å²) in [4.78, 5) is 10.3. The molecule has 21 heavy (non-hydrogen) atoms. The quantitative estimate of drug-likeness (QED) is 0.688. The van der Waals surface area contributed by atoms with E-state index in [2.05, 4.69) is 5.32 Å². The molecule has 0 spiro atoms. The molecule has 0 aliphatic rings. The number of benzene rings is 2. The molecule has 0 heterocycles. The van der Waals surface area contributed by atoms with Gasteiger partial charge in [0.25, 0.3) is 5.69 Å². The van der Waals surface area contributed by atoms with E-state index < -0.39 is 10.7 Å². The molecule has 106 valence electrons. The van der Waals surface area contributed by atoms with E-state index in [1.807, 2.05) is 6.07 Å². The summed E-state index contributed by atoms with van der Waals surface area (Å²) in [6, 6.07) is 11.2. The van der Waals surface area contributed by atoms with Crippen molar-refractivity contribution in [2.45, 2.75) is 13.5 Å². The molecule has 6 heteroatoms. The number of hydrogen-bond acceptors (Lipinski definition) is 4. The summed E-state index contributed by atoms with van der Waals surface area (Å²) in [6.07, 6.45) is 0. The van der Waals surface area contributed by atoms with Gasteiger partial charge in [-0.3, -0.25) is 10.1 Å². The standard InChI is InChI=1S/C15H12FN3O2/c1-10-5-14(15(19(20)21)7-13(10)16)18-9-12-4-2-3-11(6-12)8-17/h2-7,18H,9H2,1H3. The summed E-state index contributed by atoms with van der Waals surface area (Å²) < 4.78 is 13.4. The summed E-state index contributed by atoms with van der Waals surface area (Å²) in [5, 5.41) is 22.7. The second kappa shape index (κ2) is 6.01. The second-order valence-corrected chi connectivity index (χ2v) is 4.54. The fourth-order valence-electron chi connectivity index (χ4n) is 1.91. The summed E-state index contributed by atoms with van der Waals surface area (Å²) in [5.74, 6) is -0.612. The first kappa shape index (κ1) is 14.5. The average molecular weight is 285 g/mol. The van der Waals surface area contributed by atoms with Crippen LogP contribution < -0.4 is 5.32 Å². The van der Waals surface area contributed by atoms with Crippen LogP contribution in [0.15, 0.2) is 36.4 Å². The van der Waals surface area contributed by atoms with Crippen molar-refractivity contribution in [2.75, 3.05) is 5.32 Å². The number of nitro groups is 1. The van der Waals surface area contributed by atoms with Crippen LogP contribution in [0.4, 0.5) is 15.8 Å². The Morgan fingerprint density at radius 2 is 2.14 bits per heavy atom. The molecule has 0 unspecified atom stereocenters. The van der Waals surface area contributed by atoms with E-state index in [4.69, 9.17) is 5.26 Å². The minimum Gasteiger partial charge on any atom is -0.375 e. The molecule has 2 aromatic rings. The first-order valence-corrected chi connectivity index (χ1v) is 6.18. The van der Waals surface area contributed by atoms with Gasteiger partial charge in [-0.05, 0) is 36.2 Å². The molecule has 1 N–H and O–H groups in total.